The number of carbonyl (C=O) groups excluding carboxylic acids is 1. The van der Waals surface area contributed by atoms with Crippen LogP contribution in [-0.2, 0) is 5.41 Å². The van der Waals surface area contributed by atoms with Crippen molar-refractivity contribution in [3.8, 4) is 0 Å². The summed E-state index contributed by atoms with van der Waals surface area (Å²) >= 11 is 0. The second kappa shape index (κ2) is 5.84. The van der Waals surface area contributed by atoms with Gasteiger partial charge in [-0.25, -0.2) is 4.79 Å². The maximum absolute atomic E-state index is 12.1. The zero-order chi connectivity index (χ0) is 15.6. The SMILES string of the molecule is Cc1ccc(C2(CNC(=O)Nc3cccc(C)c3)CC2)cc1. The summed E-state index contributed by atoms with van der Waals surface area (Å²) in [5, 5.41) is 5.91. The summed E-state index contributed by atoms with van der Waals surface area (Å²) in [6, 6.07) is 16.3. The summed E-state index contributed by atoms with van der Waals surface area (Å²) in [4.78, 5) is 12.1. The first kappa shape index (κ1) is 14.6. The standard InChI is InChI=1S/C19H22N2O/c1-14-6-8-16(9-7-14)19(10-11-19)13-20-18(22)21-17-5-3-4-15(2)12-17/h3-9,12H,10-11,13H2,1-2H3,(H2,20,21,22). The largest absolute Gasteiger partial charge is 0.337 e. The van der Waals surface area contributed by atoms with Crippen molar-refractivity contribution in [2.24, 2.45) is 0 Å². The highest BCUT2D eigenvalue weighted by Crippen LogP contribution is 2.47. The lowest BCUT2D eigenvalue weighted by Crippen LogP contribution is -2.35. The number of hydrogen-bond acceptors (Lipinski definition) is 1. The van der Waals surface area contributed by atoms with Crippen molar-refractivity contribution in [3.63, 3.8) is 0 Å². The van der Waals surface area contributed by atoms with Crippen molar-refractivity contribution in [2.45, 2.75) is 32.1 Å². The molecule has 2 N–H and O–H groups in total. The van der Waals surface area contributed by atoms with Gasteiger partial charge in [-0.15, -0.1) is 0 Å². The molecule has 0 aromatic heterocycles. The Hall–Kier alpha value is -2.29. The van der Waals surface area contributed by atoms with Crippen molar-refractivity contribution in [3.05, 3.63) is 65.2 Å². The van der Waals surface area contributed by atoms with Gasteiger partial charge in [0, 0.05) is 17.6 Å². The van der Waals surface area contributed by atoms with E-state index in [0.29, 0.717) is 6.54 Å². The van der Waals surface area contributed by atoms with E-state index in [1.165, 1.54) is 11.1 Å². The van der Waals surface area contributed by atoms with Crippen LogP contribution in [0.15, 0.2) is 48.5 Å². The van der Waals surface area contributed by atoms with Crippen LogP contribution < -0.4 is 10.6 Å². The zero-order valence-electron chi connectivity index (χ0n) is 13.1. The maximum Gasteiger partial charge on any atom is 0.319 e. The lowest BCUT2D eigenvalue weighted by atomic mass is 9.95. The van der Waals surface area contributed by atoms with E-state index in [1.807, 2.05) is 31.2 Å². The Bertz CT molecular complexity index is 672. The number of carbonyl (C=O) groups is 1. The first-order valence-electron chi connectivity index (χ1n) is 7.76. The van der Waals surface area contributed by atoms with Crippen molar-refractivity contribution in [1.29, 1.82) is 0 Å². The van der Waals surface area contributed by atoms with Crippen LogP contribution in [0.4, 0.5) is 10.5 Å². The molecule has 0 bridgehead atoms. The topological polar surface area (TPSA) is 41.1 Å². The fraction of sp³-hybridized carbons (Fsp3) is 0.316. The lowest BCUT2D eigenvalue weighted by molar-refractivity contribution is 0.251. The molecule has 0 unspecified atom stereocenters. The van der Waals surface area contributed by atoms with Gasteiger partial charge < -0.3 is 10.6 Å². The Labute approximate surface area is 131 Å². The zero-order valence-corrected chi connectivity index (χ0v) is 13.1. The van der Waals surface area contributed by atoms with E-state index in [4.69, 9.17) is 0 Å². The Morgan fingerprint density at radius 1 is 1.05 bits per heavy atom. The third-order valence-electron chi connectivity index (χ3n) is 4.38. The van der Waals surface area contributed by atoms with Gasteiger partial charge in [-0.3, -0.25) is 0 Å². The van der Waals surface area contributed by atoms with E-state index in [9.17, 15) is 4.79 Å². The molecule has 2 aromatic rings. The van der Waals surface area contributed by atoms with Crippen molar-refractivity contribution < 1.29 is 4.79 Å². The van der Waals surface area contributed by atoms with Crippen LogP contribution in [0, 0.1) is 13.8 Å². The predicted molar refractivity (Wildman–Crippen MR) is 90.3 cm³/mol. The second-order valence-electron chi connectivity index (χ2n) is 6.32. The molecule has 22 heavy (non-hydrogen) atoms. The fourth-order valence-corrected chi connectivity index (χ4v) is 2.77. The second-order valence-corrected chi connectivity index (χ2v) is 6.32. The first-order valence-corrected chi connectivity index (χ1v) is 7.76. The monoisotopic (exact) mass is 294 g/mol. The summed E-state index contributed by atoms with van der Waals surface area (Å²) in [7, 11) is 0. The molecule has 0 spiro atoms. The van der Waals surface area contributed by atoms with Crippen LogP contribution in [-0.4, -0.2) is 12.6 Å². The smallest absolute Gasteiger partial charge is 0.319 e. The van der Waals surface area contributed by atoms with Crippen LogP contribution in [0.25, 0.3) is 0 Å². The van der Waals surface area contributed by atoms with Crippen molar-refractivity contribution in [1.82, 2.24) is 5.32 Å². The number of benzene rings is 2. The van der Waals surface area contributed by atoms with Gasteiger partial charge >= 0.3 is 6.03 Å². The molecule has 1 fully saturated rings. The van der Waals surface area contributed by atoms with E-state index < -0.39 is 0 Å². The number of amides is 2. The van der Waals surface area contributed by atoms with Crippen LogP contribution in [0.5, 0.6) is 0 Å². The number of urea groups is 1. The number of anilines is 1. The fourth-order valence-electron chi connectivity index (χ4n) is 2.77. The summed E-state index contributed by atoms with van der Waals surface area (Å²) in [5.41, 5.74) is 4.70. The molecule has 114 valence electrons. The molecule has 3 heteroatoms. The molecule has 0 aliphatic heterocycles. The summed E-state index contributed by atoms with van der Waals surface area (Å²) < 4.78 is 0. The molecule has 2 aromatic carbocycles. The average molecular weight is 294 g/mol. The van der Waals surface area contributed by atoms with E-state index in [1.54, 1.807) is 0 Å². The van der Waals surface area contributed by atoms with Gasteiger partial charge in [-0.05, 0) is 49.9 Å². The minimum Gasteiger partial charge on any atom is -0.337 e. The highest BCUT2D eigenvalue weighted by atomic mass is 16.2. The third kappa shape index (κ3) is 3.30. The van der Waals surface area contributed by atoms with Crippen LogP contribution in [0.1, 0.15) is 29.5 Å². The summed E-state index contributed by atoms with van der Waals surface area (Å²) in [5.74, 6) is 0. The Kier molecular flexibility index (Phi) is 3.88. The molecular formula is C19H22N2O. The summed E-state index contributed by atoms with van der Waals surface area (Å²) in [6.45, 7) is 4.80. The lowest BCUT2D eigenvalue weighted by Gasteiger charge is -2.17. The molecule has 3 rings (SSSR count). The molecule has 1 aliphatic rings. The molecule has 0 heterocycles. The van der Waals surface area contributed by atoms with Gasteiger partial charge in [0.15, 0.2) is 0 Å². The van der Waals surface area contributed by atoms with E-state index >= 15 is 0 Å². The Morgan fingerprint density at radius 2 is 1.77 bits per heavy atom. The van der Waals surface area contributed by atoms with E-state index in [0.717, 1.165) is 24.1 Å². The van der Waals surface area contributed by atoms with Gasteiger partial charge in [-0.1, -0.05) is 42.0 Å². The number of hydrogen-bond donors (Lipinski definition) is 2. The van der Waals surface area contributed by atoms with Crippen LogP contribution in [0.3, 0.4) is 0 Å². The quantitative estimate of drug-likeness (QED) is 0.873. The molecular weight excluding hydrogens is 272 g/mol. The van der Waals surface area contributed by atoms with Crippen LogP contribution in [0.2, 0.25) is 0 Å². The van der Waals surface area contributed by atoms with E-state index in [2.05, 4.69) is 41.8 Å². The van der Waals surface area contributed by atoms with Crippen molar-refractivity contribution in [2.75, 3.05) is 11.9 Å². The maximum atomic E-state index is 12.1. The number of nitrogens with one attached hydrogen (secondary N) is 2. The molecule has 2 amide bonds. The van der Waals surface area contributed by atoms with Crippen LogP contribution >= 0.6 is 0 Å². The highest BCUT2D eigenvalue weighted by molar-refractivity contribution is 5.89. The van der Waals surface area contributed by atoms with E-state index in [-0.39, 0.29) is 11.4 Å². The molecule has 1 aliphatic carbocycles. The number of aryl methyl sites for hydroxylation is 2. The van der Waals surface area contributed by atoms with Gasteiger partial charge in [0.05, 0.1) is 0 Å². The molecule has 3 nitrogen and oxygen atoms in total. The normalized spacial score (nSPS) is 15.2. The minimum absolute atomic E-state index is 0.135. The molecule has 0 radical (unpaired) electrons. The van der Waals surface area contributed by atoms with Gasteiger partial charge in [0.1, 0.15) is 0 Å². The summed E-state index contributed by atoms with van der Waals surface area (Å²) in [6.07, 6.45) is 2.28. The predicted octanol–water partition coefficient (Wildman–Crippen LogP) is 4.16. The molecule has 0 atom stereocenters. The third-order valence-corrected chi connectivity index (χ3v) is 4.38. The average Bonchev–Trinajstić information content (AvgIpc) is 3.27. The Morgan fingerprint density at radius 3 is 2.41 bits per heavy atom. The minimum atomic E-state index is -0.135. The number of rotatable bonds is 4. The first-order chi connectivity index (χ1) is 10.6. The molecule has 1 saturated carbocycles. The van der Waals surface area contributed by atoms with Gasteiger partial charge in [0.2, 0.25) is 0 Å². The van der Waals surface area contributed by atoms with Gasteiger partial charge in [-0.2, -0.15) is 0 Å². The Balaban J connectivity index is 1.58. The van der Waals surface area contributed by atoms with Crippen molar-refractivity contribution >= 4 is 11.7 Å². The molecule has 0 saturated heterocycles. The van der Waals surface area contributed by atoms with Gasteiger partial charge in [0.25, 0.3) is 0 Å². The highest BCUT2D eigenvalue weighted by Gasteiger charge is 2.44.